The number of carbonyl (C=O) groups excluding carboxylic acids is 1. The number of amides is 1. The first kappa shape index (κ1) is 12.2. The van der Waals surface area contributed by atoms with Crippen molar-refractivity contribution in [3.05, 3.63) is 20.8 Å². The van der Waals surface area contributed by atoms with E-state index in [1.807, 2.05) is 12.1 Å². The summed E-state index contributed by atoms with van der Waals surface area (Å²) in [4.78, 5) is 24.0. The Bertz CT molecular complexity index is 377. The maximum atomic E-state index is 11.3. The number of halogens is 1. The standard InChI is InChI=1S/C9H10BrNO3S/c1-11(8(12)4-9(13)14)5-6-2-3-7(10)15-6/h2-3H,4-5H2,1H3,(H,13,14). The van der Waals surface area contributed by atoms with Gasteiger partial charge in [0.2, 0.25) is 5.91 Å². The minimum Gasteiger partial charge on any atom is -0.481 e. The lowest BCUT2D eigenvalue weighted by molar-refractivity contribution is -0.143. The Morgan fingerprint density at radius 1 is 1.53 bits per heavy atom. The fraction of sp³-hybridized carbons (Fsp3) is 0.333. The SMILES string of the molecule is CN(Cc1ccc(Br)s1)C(=O)CC(=O)O. The third-order valence-corrected chi connectivity index (χ3v) is 3.36. The summed E-state index contributed by atoms with van der Waals surface area (Å²) in [5, 5.41) is 8.45. The minimum atomic E-state index is -1.10. The van der Waals surface area contributed by atoms with Crippen LogP contribution in [0.3, 0.4) is 0 Å². The average Bonchev–Trinajstić information content (AvgIpc) is 2.50. The summed E-state index contributed by atoms with van der Waals surface area (Å²) in [6.07, 6.45) is -0.455. The summed E-state index contributed by atoms with van der Waals surface area (Å²) >= 11 is 4.85. The Balaban J connectivity index is 2.51. The van der Waals surface area contributed by atoms with E-state index in [1.165, 1.54) is 16.2 Å². The number of nitrogens with zero attached hydrogens (tertiary/aromatic N) is 1. The van der Waals surface area contributed by atoms with Crippen molar-refractivity contribution in [2.24, 2.45) is 0 Å². The molecule has 0 atom stereocenters. The monoisotopic (exact) mass is 291 g/mol. The maximum absolute atomic E-state index is 11.3. The number of hydrogen-bond acceptors (Lipinski definition) is 3. The van der Waals surface area contributed by atoms with Gasteiger partial charge in [-0.25, -0.2) is 0 Å². The maximum Gasteiger partial charge on any atom is 0.312 e. The largest absolute Gasteiger partial charge is 0.481 e. The second kappa shape index (κ2) is 5.27. The molecule has 0 spiro atoms. The van der Waals surface area contributed by atoms with Crippen LogP contribution in [0.5, 0.6) is 0 Å². The molecule has 6 heteroatoms. The van der Waals surface area contributed by atoms with Crippen LogP contribution in [0.25, 0.3) is 0 Å². The molecule has 1 amide bonds. The third kappa shape index (κ3) is 4.01. The predicted molar refractivity (Wildman–Crippen MR) is 60.7 cm³/mol. The van der Waals surface area contributed by atoms with Crippen LogP contribution in [0.4, 0.5) is 0 Å². The number of carbonyl (C=O) groups is 2. The molecule has 0 fully saturated rings. The van der Waals surface area contributed by atoms with Gasteiger partial charge in [0.05, 0.1) is 10.3 Å². The first-order valence-electron chi connectivity index (χ1n) is 4.19. The second-order valence-corrected chi connectivity index (χ2v) is 5.57. The summed E-state index contributed by atoms with van der Waals surface area (Å²) in [5.41, 5.74) is 0. The highest BCUT2D eigenvalue weighted by molar-refractivity contribution is 9.11. The van der Waals surface area contributed by atoms with Gasteiger partial charge >= 0.3 is 5.97 Å². The number of rotatable bonds is 4. The summed E-state index contributed by atoms with van der Waals surface area (Å²) in [5.74, 6) is -1.48. The zero-order chi connectivity index (χ0) is 11.4. The van der Waals surface area contributed by atoms with E-state index >= 15 is 0 Å². The molecule has 0 bridgehead atoms. The van der Waals surface area contributed by atoms with Crippen molar-refractivity contribution in [1.82, 2.24) is 4.90 Å². The molecule has 1 N–H and O–H groups in total. The third-order valence-electron chi connectivity index (χ3n) is 1.75. The lowest BCUT2D eigenvalue weighted by Crippen LogP contribution is -2.27. The van der Waals surface area contributed by atoms with E-state index < -0.39 is 12.4 Å². The normalized spacial score (nSPS) is 10.0. The van der Waals surface area contributed by atoms with Crippen molar-refractivity contribution in [3.63, 3.8) is 0 Å². The molecule has 1 rings (SSSR count). The van der Waals surface area contributed by atoms with Crippen LogP contribution in [0.2, 0.25) is 0 Å². The van der Waals surface area contributed by atoms with Crippen molar-refractivity contribution in [2.45, 2.75) is 13.0 Å². The molecule has 1 aromatic heterocycles. The number of thiophene rings is 1. The molecule has 0 aromatic carbocycles. The van der Waals surface area contributed by atoms with Crippen molar-refractivity contribution in [2.75, 3.05) is 7.05 Å². The van der Waals surface area contributed by atoms with Gasteiger partial charge in [-0.1, -0.05) is 0 Å². The fourth-order valence-electron chi connectivity index (χ4n) is 1.02. The lowest BCUT2D eigenvalue weighted by Gasteiger charge is -2.14. The number of aliphatic carboxylic acids is 1. The summed E-state index contributed by atoms with van der Waals surface area (Å²) < 4.78 is 0.997. The minimum absolute atomic E-state index is 0.382. The Hall–Kier alpha value is -0.880. The van der Waals surface area contributed by atoms with Crippen LogP contribution in [0.15, 0.2) is 15.9 Å². The fourth-order valence-corrected chi connectivity index (χ4v) is 2.56. The number of carboxylic acid groups (broad SMARTS) is 1. The molecule has 0 radical (unpaired) electrons. The molecule has 15 heavy (non-hydrogen) atoms. The average molecular weight is 292 g/mol. The molecular formula is C9H10BrNO3S. The van der Waals surface area contributed by atoms with Gasteiger partial charge in [0.1, 0.15) is 6.42 Å². The molecule has 0 aliphatic rings. The summed E-state index contributed by atoms with van der Waals surface area (Å²) in [7, 11) is 1.60. The molecule has 82 valence electrons. The zero-order valence-electron chi connectivity index (χ0n) is 8.07. The quantitative estimate of drug-likeness (QED) is 0.863. The Morgan fingerprint density at radius 3 is 2.67 bits per heavy atom. The van der Waals surface area contributed by atoms with Gasteiger partial charge in [-0.3, -0.25) is 9.59 Å². The van der Waals surface area contributed by atoms with Crippen molar-refractivity contribution in [1.29, 1.82) is 0 Å². The van der Waals surface area contributed by atoms with E-state index in [1.54, 1.807) is 7.05 Å². The first-order chi connectivity index (χ1) is 6.99. The molecule has 0 saturated carbocycles. The van der Waals surface area contributed by atoms with Crippen LogP contribution in [-0.4, -0.2) is 28.9 Å². The van der Waals surface area contributed by atoms with Crippen LogP contribution in [-0.2, 0) is 16.1 Å². The Morgan fingerprint density at radius 2 is 2.20 bits per heavy atom. The van der Waals surface area contributed by atoms with Crippen LogP contribution in [0.1, 0.15) is 11.3 Å². The molecule has 1 heterocycles. The van der Waals surface area contributed by atoms with Crippen LogP contribution in [0, 0.1) is 0 Å². The molecule has 0 aliphatic carbocycles. The van der Waals surface area contributed by atoms with E-state index in [0.717, 1.165) is 8.66 Å². The van der Waals surface area contributed by atoms with Gasteiger partial charge < -0.3 is 10.0 Å². The molecule has 4 nitrogen and oxygen atoms in total. The Labute approximate surface area is 99.6 Å². The van der Waals surface area contributed by atoms with E-state index in [0.29, 0.717) is 6.54 Å². The highest BCUT2D eigenvalue weighted by atomic mass is 79.9. The second-order valence-electron chi connectivity index (χ2n) is 3.03. The van der Waals surface area contributed by atoms with Gasteiger partial charge in [0.15, 0.2) is 0 Å². The van der Waals surface area contributed by atoms with E-state index in [-0.39, 0.29) is 5.91 Å². The van der Waals surface area contributed by atoms with Crippen molar-refractivity contribution >= 4 is 39.1 Å². The molecule has 0 aliphatic heterocycles. The first-order valence-corrected chi connectivity index (χ1v) is 5.80. The van der Waals surface area contributed by atoms with E-state index in [9.17, 15) is 9.59 Å². The highest BCUT2D eigenvalue weighted by Crippen LogP contribution is 2.23. The smallest absolute Gasteiger partial charge is 0.312 e. The van der Waals surface area contributed by atoms with Gasteiger partial charge in [0.25, 0.3) is 0 Å². The van der Waals surface area contributed by atoms with E-state index in [2.05, 4.69) is 15.9 Å². The lowest BCUT2D eigenvalue weighted by atomic mass is 10.3. The van der Waals surface area contributed by atoms with Gasteiger partial charge in [-0.2, -0.15) is 0 Å². The molecular weight excluding hydrogens is 282 g/mol. The topological polar surface area (TPSA) is 57.6 Å². The summed E-state index contributed by atoms with van der Waals surface area (Å²) in [6, 6.07) is 3.80. The molecule has 0 saturated heterocycles. The summed E-state index contributed by atoms with van der Waals surface area (Å²) in [6.45, 7) is 0.447. The Kier molecular flexibility index (Phi) is 4.28. The van der Waals surface area contributed by atoms with Crippen LogP contribution >= 0.6 is 27.3 Å². The van der Waals surface area contributed by atoms with Gasteiger partial charge in [-0.05, 0) is 28.1 Å². The number of hydrogen-bond donors (Lipinski definition) is 1. The van der Waals surface area contributed by atoms with Gasteiger partial charge in [-0.15, -0.1) is 11.3 Å². The zero-order valence-corrected chi connectivity index (χ0v) is 10.5. The van der Waals surface area contributed by atoms with Crippen LogP contribution < -0.4 is 0 Å². The van der Waals surface area contributed by atoms with Gasteiger partial charge in [0, 0.05) is 11.9 Å². The van der Waals surface area contributed by atoms with Crippen molar-refractivity contribution < 1.29 is 14.7 Å². The highest BCUT2D eigenvalue weighted by Gasteiger charge is 2.13. The predicted octanol–water partition coefficient (Wildman–Crippen LogP) is 1.94. The van der Waals surface area contributed by atoms with Crippen molar-refractivity contribution in [3.8, 4) is 0 Å². The molecule has 1 aromatic rings. The van der Waals surface area contributed by atoms with E-state index in [4.69, 9.17) is 5.11 Å². The molecule has 0 unspecified atom stereocenters. The number of carboxylic acids is 1.